The van der Waals surface area contributed by atoms with Crippen molar-refractivity contribution in [2.75, 3.05) is 6.61 Å². The topological polar surface area (TPSA) is 46.5 Å². The summed E-state index contributed by atoms with van der Waals surface area (Å²) < 4.78 is 4.93. The third-order valence-corrected chi connectivity index (χ3v) is 1.94. The number of hydrogen-bond donors (Lipinski definition) is 1. The Kier molecular flexibility index (Phi) is 7.42. The molecule has 1 N–H and O–H groups in total. The minimum Gasteiger partial charge on any atom is -0.513 e. The van der Waals surface area contributed by atoms with Crippen LogP contribution in [0, 0.1) is 0 Å². The summed E-state index contributed by atoms with van der Waals surface area (Å²) in [6, 6.07) is 0. The number of hydrogen-bond acceptors (Lipinski definition) is 3. The zero-order valence-corrected chi connectivity index (χ0v) is 9.42. The fraction of sp³-hybridized carbons (Fsp3) is 0.583. The van der Waals surface area contributed by atoms with Gasteiger partial charge in [0.25, 0.3) is 0 Å². The first-order chi connectivity index (χ1) is 7.04. The molecular weight excluding hydrogens is 192 g/mol. The maximum absolute atomic E-state index is 11.0. The number of allylic oxidation sites excluding steroid dienone is 1. The molecule has 0 aromatic carbocycles. The molecule has 0 unspecified atom stereocenters. The molecule has 0 bridgehead atoms. The van der Waals surface area contributed by atoms with Gasteiger partial charge >= 0.3 is 5.97 Å². The van der Waals surface area contributed by atoms with E-state index in [1.54, 1.807) is 6.92 Å². The van der Waals surface area contributed by atoms with Crippen molar-refractivity contribution in [3.05, 3.63) is 24.5 Å². The molecule has 3 nitrogen and oxygen atoms in total. The molecule has 0 saturated carbocycles. The highest BCUT2D eigenvalue weighted by atomic mass is 16.5. The molecule has 0 heterocycles. The first-order valence-corrected chi connectivity index (χ1v) is 5.23. The fourth-order valence-corrected chi connectivity index (χ4v) is 1.07. The van der Waals surface area contributed by atoms with E-state index in [1.165, 1.54) is 0 Å². The van der Waals surface area contributed by atoms with E-state index in [-0.39, 0.29) is 11.7 Å². The number of carbonyl (C=O) groups is 1. The Morgan fingerprint density at radius 3 is 2.33 bits per heavy atom. The van der Waals surface area contributed by atoms with E-state index in [1.807, 2.05) is 0 Å². The van der Waals surface area contributed by atoms with Crippen LogP contribution in [-0.4, -0.2) is 17.7 Å². The minimum atomic E-state index is -0.321. The van der Waals surface area contributed by atoms with Crippen LogP contribution in [0.2, 0.25) is 0 Å². The van der Waals surface area contributed by atoms with E-state index in [4.69, 9.17) is 9.84 Å². The van der Waals surface area contributed by atoms with Crippen molar-refractivity contribution in [1.29, 1.82) is 0 Å². The van der Waals surface area contributed by atoms with Gasteiger partial charge in [-0.2, -0.15) is 0 Å². The third-order valence-electron chi connectivity index (χ3n) is 1.94. The lowest BCUT2D eigenvalue weighted by Crippen LogP contribution is -2.05. The Morgan fingerprint density at radius 2 is 1.80 bits per heavy atom. The number of carbonyl (C=O) groups excluding carboxylic acids is 1. The first kappa shape index (κ1) is 13.8. The molecule has 0 aliphatic carbocycles. The molecular formula is C12H20O3. The molecule has 0 rings (SSSR count). The number of esters is 1. The second-order valence-electron chi connectivity index (χ2n) is 3.65. The molecule has 0 fully saturated rings. The third kappa shape index (κ3) is 9.06. The van der Waals surface area contributed by atoms with Gasteiger partial charge in [-0.05, 0) is 19.8 Å². The number of aliphatic hydroxyl groups is 1. The van der Waals surface area contributed by atoms with Gasteiger partial charge < -0.3 is 9.84 Å². The van der Waals surface area contributed by atoms with E-state index >= 15 is 0 Å². The fourth-order valence-electron chi connectivity index (χ4n) is 1.07. The summed E-state index contributed by atoms with van der Waals surface area (Å²) in [5.41, 5.74) is 0.437. The number of rotatable bonds is 8. The van der Waals surface area contributed by atoms with Crippen molar-refractivity contribution < 1.29 is 14.6 Å². The number of unbranched alkanes of at least 4 members (excludes halogenated alkanes) is 3. The van der Waals surface area contributed by atoms with Crippen LogP contribution in [0.4, 0.5) is 0 Å². The zero-order chi connectivity index (χ0) is 11.7. The molecule has 3 heteroatoms. The molecule has 0 radical (unpaired) electrons. The lowest BCUT2D eigenvalue weighted by atomic mass is 10.1. The summed E-state index contributed by atoms with van der Waals surface area (Å²) in [5.74, 6) is -0.0811. The average molecular weight is 212 g/mol. The van der Waals surface area contributed by atoms with E-state index in [9.17, 15) is 4.79 Å². The maximum atomic E-state index is 11.0. The van der Waals surface area contributed by atoms with Gasteiger partial charge in [-0.1, -0.05) is 26.0 Å². The van der Waals surface area contributed by atoms with Crippen LogP contribution in [0.1, 0.15) is 39.0 Å². The van der Waals surface area contributed by atoms with Gasteiger partial charge in [0.1, 0.15) is 0 Å². The first-order valence-electron chi connectivity index (χ1n) is 5.23. The highest BCUT2D eigenvalue weighted by Gasteiger charge is 2.01. The van der Waals surface area contributed by atoms with Crippen molar-refractivity contribution in [1.82, 2.24) is 0 Å². The van der Waals surface area contributed by atoms with Gasteiger partial charge in [-0.25, -0.2) is 4.79 Å². The standard InChI is InChI=1S/C12H20O3/c1-10(2)12(14)15-9-7-5-4-6-8-11(3)13/h13H,1,3-9H2,2H3. The summed E-state index contributed by atoms with van der Waals surface area (Å²) in [7, 11) is 0. The SMILES string of the molecule is C=C(O)CCCCCCOC(=O)C(=C)C. The molecule has 15 heavy (non-hydrogen) atoms. The second kappa shape index (κ2) is 8.09. The second-order valence-corrected chi connectivity index (χ2v) is 3.65. The highest BCUT2D eigenvalue weighted by Crippen LogP contribution is 2.06. The van der Waals surface area contributed by atoms with Crippen molar-refractivity contribution >= 4 is 5.97 Å². The van der Waals surface area contributed by atoms with E-state index < -0.39 is 0 Å². The Labute approximate surface area is 91.4 Å². The monoisotopic (exact) mass is 212 g/mol. The van der Waals surface area contributed by atoms with Crippen LogP contribution >= 0.6 is 0 Å². The van der Waals surface area contributed by atoms with Gasteiger partial charge in [0.15, 0.2) is 0 Å². The molecule has 0 saturated heterocycles. The van der Waals surface area contributed by atoms with Gasteiger partial charge in [0.05, 0.1) is 12.4 Å². The molecule has 0 amide bonds. The normalized spacial score (nSPS) is 9.67. The van der Waals surface area contributed by atoms with Gasteiger partial charge in [-0.15, -0.1) is 0 Å². The van der Waals surface area contributed by atoms with Crippen LogP contribution in [0.25, 0.3) is 0 Å². The molecule has 0 atom stereocenters. The molecule has 0 aromatic rings. The summed E-state index contributed by atoms with van der Waals surface area (Å²) in [4.78, 5) is 11.0. The van der Waals surface area contributed by atoms with Crippen molar-refractivity contribution in [3.8, 4) is 0 Å². The Morgan fingerprint density at radius 1 is 1.20 bits per heavy atom. The lowest BCUT2D eigenvalue weighted by molar-refractivity contribution is -0.139. The largest absolute Gasteiger partial charge is 0.513 e. The molecule has 0 aliphatic rings. The average Bonchev–Trinajstić information content (AvgIpc) is 2.15. The van der Waals surface area contributed by atoms with Crippen LogP contribution in [0.15, 0.2) is 24.5 Å². The van der Waals surface area contributed by atoms with Crippen molar-refractivity contribution in [2.24, 2.45) is 0 Å². The van der Waals surface area contributed by atoms with Gasteiger partial charge in [-0.3, -0.25) is 0 Å². The maximum Gasteiger partial charge on any atom is 0.333 e. The van der Waals surface area contributed by atoms with E-state index in [2.05, 4.69) is 13.2 Å². The number of ether oxygens (including phenoxy) is 1. The Hall–Kier alpha value is -1.25. The van der Waals surface area contributed by atoms with Crippen LogP contribution in [-0.2, 0) is 9.53 Å². The van der Waals surface area contributed by atoms with Crippen molar-refractivity contribution in [2.45, 2.75) is 39.0 Å². The molecule has 0 aliphatic heterocycles. The van der Waals surface area contributed by atoms with Gasteiger partial charge in [0.2, 0.25) is 0 Å². The van der Waals surface area contributed by atoms with E-state index in [0.717, 1.165) is 25.7 Å². The summed E-state index contributed by atoms with van der Waals surface area (Å²) in [6.45, 7) is 8.98. The zero-order valence-electron chi connectivity index (χ0n) is 9.42. The summed E-state index contributed by atoms with van der Waals surface area (Å²) in [6.07, 6.45) is 4.47. The molecule has 0 spiro atoms. The predicted molar refractivity (Wildman–Crippen MR) is 60.6 cm³/mol. The van der Waals surface area contributed by atoms with Crippen LogP contribution in [0.3, 0.4) is 0 Å². The predicted octanol–water partition coefficient (Wildman–Crippen LogP) is 3.13. The number of aliphatic hydroxyl groups excluding tert-OH is 1. The molecule has 86 valence electrons. The Bertz CT molecular complexity index is 231. The summed E-state index contributed by atoms with van der Waals surface area (Å²) >= 11 is 0. The van der Waals surface area contributed by atoms with Crippen molar-refractivity contribution in [3.63, 3.8) is 0 Å². The van der Waals surface area contributed by atoms with Crippen LogP contribution < -0.4 is 0 Å². The Balaban J connectivity index is 3.22. The lowest BCUT2D eigenvalue weighted by Gasteiger charge is -2.03. The minimum absolute atomic E-state index is 0.240. The quantitative estimate of drug-likeness (QED) is 0.291. The van der Waals surface area contributed by atoms with Gasteiger partial charge in [0, 0.05) is 12.0 Å². The molecule has 0 aromatic heterocycles. The highest BCUT2D eigenvalue weighted by molar-refractivity contribution is 5.86. The summed E-state index contributed by atoms with van der Waals surface area (Å²) in [5, 5.41) is 8.82. The smallest absolute Gasteiger partial charge is 0.333 e. The van der Waals surface area contributed by atoms with Crippen LogP contribution in [0.5, 0.6) is 0 Å². The van der Waals surface area contributed by atoms with E-state index in [0.29, 0.717) is 18.6 Å².